The molecule has 0 saturated heterocycles. The van der Waals surface area contributed by atoms with Crippen LogP contribution in [0, 0.1) is 5.82 Å². The molecule has 0 N–H and O–H groups in total. The minimum atomic E-state index is -0.291. The van der Waals surface area contributed by atoms with Crippen molar-refractivity contribution in [3.8, 4) is 11.5 Å². The third-order valence-electron chi connectivity index (χ3n) is 4.93. The van der Waals surface area contributed by atoms with Gasteiger partial charge < -0.3 is 9.47 Å². The number of hydrazone groups is 1. The van der Waals surface area contributed by atoms with Crippen LogP contribution >= 0.6 is 0 Å². The standard InChI is InChI=1S/C23H21FN2O2/c1-27-18-11-7-16(8-12-18)21-15-23(17-9-13-19(28-2)14-10-17)26(25-21)22-6-4-3-5-20(22)24/h3-14,23H,15H2,1-2H3. The Labute approximate surface area is 163 Å². The number of nitrogens with zero attached hydrogens (tertiary/aromatic N) is 2. The summed E-state index contributed by atoms with van der Waals surface area (Å²) in [6.45, 7) is 0. The number of rotatable bonds is 5. The Morgan fingerprint density at radius 3 is 2.07 bits per heavy atom. The molecule has 0 saturated carbocycles. The van der Waals surface area contributed by atoms with Gasteiger partial charge in [0.05, 0.1) is 31.7 Å². The summed E-state index contributed by atoms with van der Waals surface area (Å²) in [4.78, 5) is 0. The Morgan fingerprint density at radius 2 is 1.46 bits per heavy atom. The first-order chi connectivity index (χ1) is 13.7. The lowest BCUT2D eigenvalue weighted by atomic mass is 9.98. The molecule has 1 aliphatic rings. The Hall–Kier alpha value is -3.34. The van der Waals surface area contributed by atoms with E-state index in [0.717, 1.165) is 28.3 Å². The van der Waals surface area contributed by atoms with Crippen molar-refractivity contribution in [2.24, 2.45) is 5.10 Å². The highest BCUT2D eigenvalue weighted by Crippen LogP contribution is 2.38. The summed E-state index contributed by atoms with van der Waals surface area (Å²) in [6.07, 6.45) is 0.674. The Bertz CT molecular complexity index is 984. The molecule has 28 heavy (non-hydrogen) atoms. The summed E-state index contributed by atoms with van der Waals surface area (Å²) in [5.41, 5.74) is 3.42. The summed E-state index contributed by atoms with van der Waals surface area (Å²) in [6, 6.07) is 22.2. The third-order valence-corrected chi connectivity index (χ3v) is 4.93. The number of benzene rings is 3. The van der Waals surface area contributed by atoms with Crippen molar-refractivity contribution in [2.45, 2.75) is 12.5 Å². The number of methoxy groups -OCH3 is 2. The second-order valence-corrected chi connectivity index (χ2v) is 6.56. The van der Waals surface area contributed by atoms with Crippen molar-refractivity contribution in [1.29, 1.82) is 0 Å². The molecule has 1 aliphatic heterocycles. The van der Waals surface area contributed by atoms with E-state index in [9.17, 15) is 4.39 Å². The van der Waals surface area contributed by atoms with Crippen LogP contribution in [0.15, 0.2) is 77.9 Å². The highest BCUT2D eigenvalue weighted by molar-refractivity contribution is 6.03. The first-order valence-corrected chi connectivity index (χ1v) is 9.09. The molecule has 0 aromatic heterocycles. The first-order valence-electron chi connectivity index (χ1n) is 9.09. The molecule has 1 heterocycles. The van der Waals surface area contributed by atoms with E-state index >= 15 is 0 Å². The van der Waals surface area contributed by atoms with Crippen LogP contribution in [0.2, 0.25) is 0 Å². The Balaban J connectivity index is 1.73. The molecule has 4 nitrogen and oxygen atoms in total. The van der Waals surface area contributed by atoms with Gasteiger partial charge >= 0.3 is 0 Å². The van der Waals surface area contributed by atoms with Crippen LogP contribution in [-0.4, -0.2) is 19.9 Å². The van der Waals surface area contributed by atoms with Crippen molar-refractivity contribution in [3.05, 3.63) is 89.7 Å². The fraction of sp³-hybridized carbons (Fsp3) is 0.174. The van der Waals surface area contributed by atoms with Crippen molar-refractivity contribution >= 4 is 11.4 Å². The lowest BCUT2D eigenvalue weighted by Crippen LogP contribution is -2.19. The van der Waals surface area contributed by atoms with Crippen molar-refractivity contribution in [3.63, 3.8) is 0 Å². The summed E-state index contributed by atoms with van der Waals surface area (Å²) < 4.78 is 25.0. The Morgan fingerprint density at radius 1 is 0.857 bits per heavy atom. The van der Waals surface area contributed by atoms with Crippen molar-refractivity contribution in [2.75, 3.05) is 19.2 Å². The van der Waals surface area contributed by atoms with Gasteiger partial charge in [-0.25, -0.2) is 4.39 Å². The van der Waals surface area contributed by atoms with E-state index in [0.29, 0.717) is 12.1 Å². The number of hydrogen-bond donors (Lipinski definition) is 0. The van der Waals surface area contributed by atoms with Crippen LogP contribution in [0.5, 0.6) is 11.5 Å². The maximum Gasteiger partial charge on any atom is 0.148 e. The van der Waals surface area contributed by atoms with E-state index in [1.807, 2.05) is 54.6 Å². The van der Waals surface area contributed by atoms with Gasteiger partial charge in [0.1, 0.15) is 17.3 Å². The van der Waals surface area contributed by atoms with Gasteiger partial charge in [0.2, 0.25) is 0 Å². The van der Waals surface area contributed by atoms with Crippen molar-refractivity contribution in [1.82, 2.24) is 0 Å². The number of anilines is 1. The summed E-state index contributed by atoms with van der Waals surface area (Å²) >= 11 is 0. The van der Waals surface area contributed by atoms with E-state index in [1.54, 1.807) is 31.4 Å². The second-order valence-electron chi connectivity index (χ2n) is 6.56. The van der Waals surface area contributed by atoms with E-state index in [-0.39, 0.29) is 11.9 Å². The molecular weight excluding hydrogens is 355 g/mol. The molecule has 0 radical (unpaired) electrons. The normalized spacial score (nSPS) is 16.0. The molecule has 142 valence electrons. The molecule has 3 aromatic rings. The van der Waals surface area contributed by atoms with Crippen LogP contribution in [0.3, 0.4) is 0 Å². The zero-order chi connectivity index (χ0) is 19.5. The van der Waals surface area contributed by atoms with Gasteiger partial charge in [-0.1, -0.05) is 24.3 Å². The van der Waals surface area contributed by atoms with Crippen LogP contribution in [0.1, 0.15) is 23.6 Å². The number of hydrogen-bond acceptors (Lipinski definition) is 4. The van der Waals surface area contributed by atoms with Gasteiger partial charge in [-0.15, -0.1) is 0 Å². The first kappa shape index (κ1) is 18.0. The zero-order valence-corrected chi connectivity index (χ0v) is 15.8. The van der Waals surface area contributed by atoms with Crippen LogP contribution in [0.25, 0.3) is 0 Å². The predicted octanol–water partition coefficient (Wildman–Crippen LogP) is 5.20. The zero-order valence-electron chi connectivity index (χ0n) is 15.8. The monoisotopic (exact) mass is 376 g/mol. The molecule has 5 heteroatoms. The second kappa shape index (κ2) is 7.72. The predicted molar refractivity (Wildman–Crippen MR) is 109 cm³/mol. The highest BCUT2D eigenvalue weighted by atomic mass is 19.1. The molecule has 1 unspecified atom stereocenters. The molecule has 0 fully saturated rings. The van der Waals surface area contributed by atoms with Gasteiger partial charge in [-0.2, -0.15) is 5.10 Å². The molecule has 0 amide bonds. The third kappa shape index (κ3) is 3.43. The minimum absolute atomic E-state index is 0.0973. The maximum atomic E-state index is 14.5. The number of para-hydroxylation sites is 1. The SMILES string of the molecule is COc1ccc(C2=NN(c3ccccc3F)C(c3ccc(OC)cc3)C2)cc1. The van der Waals surface area contributed by atoms with E-state index in [2.05, 4.69) is 0 Å². The van der Waals surface area contributed by atoms with Gasteiger partial charge in [-0.3, -0.25) is 5.01 Å². The van der Waals surface area contributed by atoms with Gasteiger partial charge in [0.15, 0.2) is 0 Å². The van der Waals surface area contributed by atoms with Gasteiger partial charge in [-0.05, 0) is 59.7 Å². The molecule has 4 rings (SSSR count). The average molecular weight is 376 g/mol. The van der Waals surface area contributed by atoms with E-state index in [1.165, 1.54) is 6.07 Å². The molecule has 0 aliphatic carbocycles. The molecular formula is C23H21FN2O2. The largest absolute Gasteiger partial charge is 0.497 e. The topological polar surface area (TPSA) is 34.1 Å². The molecule has 0 spiro atoms. The fourth-order valence-corrected chi connectivity index (χ4v) is 3.41. The summed E-state index contributed by atoms with van der Waals surface area (Å²) in [5, 5.41) is 6.56. The number of ether oxygens (including phenoxy) is 2. The molecule has 3 aromatic carbocycles. The summed E-state index contributed by atoms with van der Waals surface area (Å²) in [5.74, 6) is 1.29. The van der Waals surface area contributed by atoms with Crippen LogP contribution in [-0.2, 0) is 0 Å². The fourth-order valence-electron chi connectivity index (χ4n) is 3.41. The summed E-state index contributed by atoms with van der Waals surface area (Å²) in [7, 11) is 3.28. The van der Waals surface area contributed by atoms with E-state index < -0.39 is 0 Å². The number of halogens is 1. The lowest BCUT2D eigenvalue weighted by Gasteiger charge is -2.24. The highest BCUT2D eigenvalue weighted by Gasteiger charge is 2.31. The lowest BCUT2D eigenvalue weighted by molar-refractivity contribution is 0.414. The quantitative estimate of drug-likeness (QED) is 0.614. The van der Waals surface area contributed by atoms with Crippen LogP contribution in [0.4, 0.5) is 10.1 Å². The average Bonchev–Trinajstić information content (AvgIpc) is 3.19. The smallest absolute Gasteiger partial charge is 0.148 e. The molecule has 1 atom stereocenters. The minimum Gasteiger partial charge on any atom is -0.497 e. The molecule has 0 bridgehead atoms. The van der Waals surface area contributed by atoms with Gasteiger partial charge in [0, 0.05) is 6.42 Å². The maximum absolute atomic E-state index is 14.5. The van der Waals surface area contributed by atoms with Crippen molar-refractivity contribution < 1.29 is 13.9 Å². The van der Waals surface area contributed by atoms with Crippen LogP contribution < -0.4 is 14.5 Å². The Kier molecular flexibility index (Phi) is 4.98. The van der Waals surface area contributed by atoms with E-state index in [4.69, 9.17) is 14.6 Å². The van der Waals surface area contributed by atoms with Gasteiger partial charge in [0.25, 0.3) is 0 Å².